The first kappa shape index (κ1) is 34.5. The van der Waals surface area contributed by atoms with Crippen molar-refractivity contribution in [3.8, 4) is 45.4 Å². The highest BCUT2D eigenvalue weighted by atomic mass is 15.1. The van der Waals surface area contributed by atoms with Crippen LogP contribution >= 0.6 is 0 Å². The molecule has 0 aliphatic carbocycles. The minimum Gasteiger partial charge on any atom is -0.309 e. The summed E-state index contributed by atoms with van der Waals surface area (Å²) >= 11 is 0. The second kappa shape index (κ2) is 13.6. The maximum absolute atomic E-state index is 5.46. The van der Waals surface area contributed by atoms with Gasteiger partial charge in [0.2, 0.25) is 0 Å². The monoisotopic (exact) mass is 789 g/mol. The molecule has 13 aromatic rings. The summed E-state index contributed by atoms with van der Waals surface area (Å²) in [5.74, 6) is 1.56. The van der Waals surface area contributed by atoms with E-state index in [1.54, 1.807) is 0 Å². The summed E-state index contributed by atoms with van der Waals surface area (Å²) in [4.78, 5) is 15.7. The average Bonchev–Trinajstić information content (AvgIpc) is 3.86. The first-order chi connectivity index (χ1) is 30.8. The van der Waals surface area contributed by atoms with Gasteiger partial charge in [-0.05, 0) is 70.8 Å². The summed E-state index contributed by atoms with van der Waals surface area (Å²) in [5, 5.41) is 10.9. The molecule has 0 saturated carbocycles. The molecule has 9 aromatic carbocycles. The standard InChI is InChI=1S/C57H35N5/c1-4-17-36(18-5-1)55-46-33-38(31-32-49(46)59-57(60-55)37-19-6-2-7-20-37)48-28-16-30-53(58-48)62-50-29-15-14-25-42(50)45-34-47-52(35-51(45)62)61(39-21-8-3-9-22-39)56-44-27-13-11-24-41(44)40-23-10-12-26-43(40)54(47)56/h1-35H. The van der Waals surface area contributed by atoms with Gasteiger partial charge in [-0.2, -0.15) is 0 Å². The second-order valence-corrected chi connectivity index (χ2v) is 16.0. The fraction of sp³-hybridized carbons (Fsp3) is 0. The minimum atomic E-state index is 0.706. The van der Waals surface area contributed by atoms with Crippen LogP contribution in [-0.2, 0) is 0 Å². The molecule has 0 atom stereocenters. The van der Waals surface area contributed by atoms with Crippen LogP contribution in [0.1, 0.15) is 0 Å². The van der Waals surface area contributed by atoms with Gasteiger partial charge in [0.15, 0.2) is 5.82 Å². The Morgan fingerprint density at radius 1 is 0.323 bits per heavy atom. The first-order valence-electron chi connectivity index (χ1n) is 21.0. The van der Waals surface area contributed by atoms with Crippen molar-refractivity contribution < 1.29 is 0 Å². The number of para-hydroxylation sites is 2. The lowest BCUT2D eigenvalue weighted by Crippen LogP contribution is -1.99. The number of rotatable bonds is 5. The molecule has 288 valence electrons. The van der Waals surface area contributed by atoms with E-state index in [9.17, 15) is 0 Å². The van der Waals surface area contributed by atoms with Gasteiger partial charge in [0.1, 0.15) is 5.82 Å². The Balaban J connectivity index is 1.06. The van der Waals surface area contributed by atoms with Crippen LogP contribution < -0.4 is 0 Å². The molecule has 4 heterocycles. The highest BCUT2D eigenvalue weighted by Gasteiger charge is 2.23. The van der Waals surface area contributed by atoms with Crippen molar-refractivity contribution >= 4 is 76.1 Å². The molecule has 0 bridgehead atoms. The number of hydrogen-bond donors (Lipinski definition) is 0. The highest BCUT2D eigenvalue weighted by Crippen LogP contribution is 2.45. The van der Waals surface area contributed by atoms with Gasteiger partial charge in [-0.1, -0.05) is 158 Å². The van der Waals surface area contributed by atoms with Gasteiger partial charge < -0.3 is 4.57 Å². The number of hydrogen-bond acceptors (Lipinski definition) is 3. The minimum absolute atomic E-state index is 0.706. The first-order valence-corrected chi connectivity index (χ1v) is 21.0. The summed E-state index contributed by atoms with van der Waals surface area (Å²) < 4.78 is 4.80. The fourth-order valence-corrected chi connectivity index (χ4v) is 9.76. The molecule has 0 aliphatic rings. The van der Waals surface area contributed by atoms with Gasteiger partial charge in [-0.25, -0.2) is 15.0 Å². The normalized spacial score (nSPS) is 11.9. The molecule has 4 aromatic heterocycles. The number of aromatic nitrogens is 5. The zero-order chi connectivity index (χ0) is 40.7. The molecular weight excluding hydrogens is 755 g/mol. The van der Waals surface area contributed by atoms with Crippen LogP contribution in [-0.4, -0.2) is 24.1 Å². The van der Waals surface area contributed by atoms with E-state index in [0.29, 0.717) is 5.82 Å². The topological polar surface area (TPSA) is 48.5 Å². The van der Waals surface area contributed by atoms with E-state index in [1.807, 2.05) is 24.3 Å². The van der Waals surface area contributed by atoms with Gasteiger partial charge >= 0.3 is 0 Å². The number of pyridine rings is 1. The fourth-order valence-electron chi connectivity index (χ4n) is 9.76. The third-order valence-electron chi connectivity index (χ3n) is 12.5. The number of nitrogens with zero attached hydrogens (tertiary/aromatic N) is 5. The molecular formula is C57H35N5. The Kier molecular flexibility index (Phi) is 7.54. The van der Waals surface area contributed by atoms with E-state index in [2.05, 4.69) is 197 Å². The Hall–Kier alpha value is -8.41. The summed E-state index contributed by atoms with van der Waals surface area (Å²) in [6, 6.07) is 75.4. The largest absolute Gasteiger partial charge is 0.309 e. The molecule has 5 nitrogen and oxygen atoms in total. The van der Waals surface area contributed by atoms with Gasteiger partial charge in [0.05, 0.1) is 39.0 Å². The smallest absolute Gasteiger partial charge is 0.160 e. The zero-order valence-corrected chi connectivity index (χ0v) is 33.4. The Labute approximate surface area is 356 Å². The van der Waals surface area contributed by atoms with E-state index in [-0.39, 0.29) is 0 Å². The lowest BCUT2D eigenvalue weighted by molar-refractivity contribution is 1.08. The molecule has 0 fully saturated rings. The molecule has 0 N–H and O–H groups in total. The molecule has 0 saturated heterocycles. The van der Waals surface area contributed by atoms with Crippen LogP contribution in [0, 0.1) is 0 Å². The molecule has 0 radical (unpaired) electrons. The van der Waals surface area contributed by atoms with Crippen LogP contribution in [0.5, 0.6) is 0 Å². The van der Waals surface area contributed by atoms with Crippen molar-refractivity contribution in [1.29, 1.82) is 0 Å². The molecule has 0 aliphatic heterocycles. The van der Waals surface area contributed by atoms with E-state index in [1.165, 1.54) is 48.6 Å². The van der Waals surface area contributed by atoms with E-state index >= 15 is 0 Å². The van der Waals surface area contributed by atoms with Gasteiger partial charge in [0, 0.05) is 54.7 Å². The molecule has 0 amide bonds. The quantitative estimate of drug-likeness (QED) is 0.163. The Morgan fingerprint density at radius 2 is 0.952 bits per heavy atom. The van der Waals surface area contributed by atoms with Crippen LogP contribution in [0.3, 0.4) is 0 Å². The highest BCUT2D eigenvalue weighted by molar-refractivity contribution is 6.33. The Morgan fingerprint density at radius 3 is 1.73 bits per heavy atom. The van der Waals surface area contributed by atoms with Crippen LogP contribution in [0.15, 0.2) is 212 Å². The summed E-state index contributed by atoms with van der Waals surface area (Å²) in [5.41, 5.74) is 11.4. The third-order valence-corrected chi connectivity index (χ3v) is 12.5. The maximum atomic E-state index is 5.46. The van der Waals surface area contributed by atoms with Crippen LogP contribution in [0.4, 0.5) is 0 Å². The van der Waals surface area contributed by atoms with E-state index < -0.39 is 0 Å². The Bertz CT molecular complexity index is 3910. The van der Waals surface area contributed by atoms with Crippen molar-refractivity contribution in [2.24, 2.45) is 0 Å². The SMILES string of the molecule is c1ccc(-c2nc(-c3ccccc3)c3cc(-c4cccc(-n5c6ccccc6c6cc7c8c9ccccc9c9ccccc9c8n(-c8ccccc8)c7cc65)n4)ccc3n2)cc1. The lowest BCUT2D eigenvalue weighted by atomic mass is 9.96. The lowest BCUT2D eigenvalue weighted by Gasteiger charge is -2.13. The average molecular weight is 790 g/mol. The molecule has 0 unspecified atom stereocenters. The molecule has 0 spiro atoms. The summed E-state index contributed by atoms with van der Waals surface area (Å²) in [6.07, 6.45) is 0. The number of fused-ring (bicyclic) bond motifs is 12. The number of benzene rings is 9. The van der Waals surface area contributed by atoms with Crippen LogP contribution in [0.2, 0.25) is 0 Å². The van der Waals surface area contributed by atoms with Crippen molar-refractivity contribution in [3.63, 3.8) is 0 Å². The molecule has 62 heavy (non-hydrogen) atoms. The van der Waals surface area contributed by atoms with E-state index in [4.69, 9.17) is 15.0 Å². The van der Waals surface area contributed by atoms with Gasteiger partial charge in [0.25, 0.3) is 0 Å². The van der Waals surface area contributed by atoms with Crippen molar-refractivity contribution in [2.45, 2.75) is 0 Å². The van der Waals surface area contributed by atoms with Crippen molar-refractivity contribution in [2.75, 3.05) is 0 Å². The predicted molar refractivity (Wildman–Crippen MR) is 257 cm³/mol. The van der Waals surface area contributed by atoms with Crippen LogP contribution in [0.25, 0.3) is 121 Å². The predicted octanol–water partition coefficient (Wildman–Crippen LogP) is 14.5. The second-order valence-electron chi connectivity index (χ2n) is 16.0. The summed E-state index contributed by atoms with van der Waals surface area (Å²) in [7, 11) is 0. The summed E-state index contributed by atoms with van der Waals surface area (Å²) in [6.45, 7) is 0. The molecule has 13 rings (SSSR count). The van der Waals surface area contributed by atoms with Crippen molar-refractivity contribution in [1.82, 2.24) is 24.1 Å². The maximum Gasteiger partial charge on any atom is 0.160 e. The van der Waals surface area contributed by atoms with Gasteiger partial charge in [-0.15, -0.1) is 0 Å². The zero-order valence-electron chi connectivity index (χ0n) is 33.4. The third kappa shape index (κ3) is 5.18. The van der Waals surface area contributed by atoms with Gasteiger partial charge in [-0.3, -0.25) is 4.57 Å². The molecule has 5 heteroatoms. The van der Waals surface area contributed by atoms with Crippen molar-refractivity contribution in [3.05, 3.63) is 212 Å². The van der Waals surface area contributed by atoms with E-state index in [0.717, 1.165) is 67.0 Å².